The Morgan fingerprint density at radius 1 is 0.800 bits per heavy atom. The van der Waals surface area contributed by atoms with E-state index < -0.39 is 0 Å². The smallest absolute Gasteiger partial charge is 0.0487 e. The molecule has 0 radical (unpaired) electrons. The van der Waals surface area contributed by atoms with E-state index in [1.165, 1.54) is 16.7 Å². The van der Waals surface area contributed by atoms with Gasteiger partial charge in [0.1, 0.15) is 0 Å². The zero-order valence-electron chi connectivity index (χ0n) is 14.1. The molecule has 0 aliphatic heterocycles. The van der Waals surface area contributed by atoms with Crippen LogP contribution in [0, 0.1) is 5.92 Å². The number of aromatic nitrogens is 1. The Morgan fingerprint density at radius 2 is 1.52 bits per heavy atom. The number of nitrogens with zero attached hydrogens (tertiary/aromatic N) is 1. The van der Waals surface area contributed by atoms with Gasteiger partial charge in [-0.1, -0.05) is 85.0 Å². The Labute approximate surface area is 149 Å². The maximum Gasteiger partial charge on any atom is 0.0487 e. The van der Waals surface area contributed by atoms with Crippen molar-refractivity contribution in [3.63, 3.8) is 0 Å². The van der Waals surface area contributed by atoms with Crippen LogP contribution < -0.4 is 0 Å². The number of pyridine rings is 1. The maximum atomic E-state index is 4.65. The van der Waals surface area contributed by atoms with Crippen molar-refractivity contribution in [2.45, 2.75) is 12.3 Å². The average molecular weight is 323 g/mol. The molecule has 1 heteroatoms. The minimum absolute atomic E-state index is 0.256. The van der Waals surface area contributed by atoms with Gasteiger partial charge in [0.2, 0.25) is 0 Å². The van der Waals surface area contributed by atoms with Crippen LogP contribution in [0.5, 0.6) is 0 Å². The summed E-state index contributed by atoms with van der Waals surface area (Å²) in [6.07, 6.45) is 9.87. The Bertz CT molecular complexity index is 824. The zero-order valence-corrected chi connectivity index (χ0v) is 14.1. The highest BCUT2D eigenvalue weighted by Crippen LogP contribution is 2.36. The lowest BCUT2D eigenvalue weighted by Crippen LogP contribution is -2.11. The third kappa shape index (κ3) is 3.61. The summed E-state index contributed by atoms with van der Waals surface area (Å²) in [5.41, 5.74) is 5.18. The zero-order chi connectivity index (χ0) is 16.9. The second-order valence-electron chi connectivity index (χ2n) is 6.48. The van der Waals surface area contributed by atoms with Crippen molar-refractivity contribution in [3.05, 3.63) is 126 Å². The van der Waals surface area contributed by atoms with Gasteiger partial charge in [0.25, 0.3) is 0 Å². The summed E-state index contributed by atoms with van der Waals surface area (Å²) >= 11 is 0. The summed E-state index contributed by atoms with van der Waals surface area (Å²) in [7, 11) is 0. The summed E-state index contributed by atoms with van der Waals surface area (Å²) < 4.78 is 0. The minimum Gasteiger partial charge on any atom is -0.261 e. The molecule has 0 bridgehead atoms. The SMILES string of the molecule is C1=CC(C(c2ccccc2)c2ccccn2)C=C1Cc1ccccc1. The number of hydrogen-bond donors (Lipinski definition) is 0. The molecule has 0 fully saturated rings. The quantitative estimate of drug-likeness (QED) is 0.598. The summed E-state index contributed by atoms with van der Waals surface area (Å²) in [5, 5.41) is 0. The lowest BCUT2D eigenvalue weighted by atomic mass is 9.84. The third-order valence-corrected chi connectivity index (χ3v) is 4.74. The molecule has 0 saturated heterocycles. The van der Waals surface area contributed by atoms with Crippen molar-refractivity contribution in [3.8, 4) is 0 Å². The molecule has 1 aliphatic rings. The monoisotopic (exact) mass is 323 g/mol. The first kappa shape index (κ1) is 15.6. The maximum absolute atomic E-state index is 4.65. The molecule has 1 nitrogen and oxygen atoms in total. The summed E-state index contributed by atoms with van der Waals surface area (Å²) in [5.74, 6) is 0.600. The first-order valence-electron chi connectivity index (χ1n) is 8.79. The van der Waals surface area contributed by atoms with Crippen LogP contribution in [-0.2, 0) is 6.42 Å². The Morgan fingerprint density at radius 3 is 2.24 bits per heavy atom. The Kier molecular flexibility index (Phi) is 4.56. The van der Waals surface area contributed by atoms with Crippen LogP contribution in [-0.4, -0.2) is 4.98 Å². The van der Waals surface area contributed by atoms with E-state index in [9.17, 15) is 0 Å². The van der Waals surface area contributed by atoms with E-state index in [0.717, 1.165) is 12.1 Å². The van der Waals surface area contributed by atoms with Crippen LogP contribution in [0.15, 0.2) is 109 Å². The van der Waals surface area contributed by atoms with Gasteiger partial charge in [-0.2, -0.15) is 0 Å². The van der Waals surface area contributed by atoms with E-state index in [4.69, 9.17) is 0 Å². The number of benzene rings is 2. The first-order valence-corrected chi connectivity index (χ1v) is 8.79. The molecular formula is C24H21N. The fourth-order valence-electron chi connectivity index (χ4n) is 3.56. The molecular weight excluding hydrogens is 302 g/mol. The summed E-state index contributed by atoms with van der Waals surface area (Å²) in [6.45, 7) is 0. The molecule has 0 spiro atoms. The molecule has 3 aromatic rings. The van der Waals surface area contributed by atoms with E-state index >= 15 is 0 Å². The molecule has 2 atom stereocenters. The Balaban J connectivity index is 1.64. The van der Waals surface area contributed by atoms with Crippen molar-refractivity contribution in [2.75, 3.05) is 0 Å². The fraction of sp³-hybridized carbons (Fsp3) is 0.125. The van der Waals surface area contributed by atoms with Gasteiger partial charge < -0.3 is 0 Å². The van der Waals surface area contributed by atoms with Gasteiger partial charge in [0, 0.05) is 23.7 Å². The van der Waals surface area contributed by atoms with E-state index in [0.29, 0.717) is 5.92 Å². The van der Waals surface area contributed by atoms with Crippen LogP contribution in [0.2, 0.25) is 0 Å². The van der Waals surface area contributed by atoms with Crippen molar-refractivity contribution < 1.29 is 0 Å². The molecule has 122 valence electrons. The first-order chi connectivity index (χ1) is 12.4. The molecule has 0 N–H and O–H groups in total. The number of allylic oxidation sites excluding steroid dienone is 4. The van der Waals surface area contributed by atoms with Crippen LogP contribution in [0.3, 0.4) is 0 Å². The highest BCUT2D eigenvalue weighted by atomic mass is 14.7. The average Bonchev–Trinajstić information content (AvgIpc) is 3.12. The predicted octanol–water partition coefficient (Wildman–Crippen LogP) is 5.57. The predicted molar refractivity (Wildman–Crippen MR) is 103 cm³/mol. The van der Waals surface area contributed by atoms with Crippen LogP contribution in [0.25, 0.3) is 0 Å². The molecule has 1 aromatic heterocycles. The largest absolute Gasteiger partial charge is 0.261 e. The molecule has 4 rings (SSSR count). The van der Waals surface area contributed by atoms with Crippen molar-refractivity contribution >= 4 is 0 Å². The molecule has 1 heterocycles. The molecule has 1 aliphatic carbocycles. The fourth-order valence-corrected chi connectivity index (χ4v) is 3.56. The van der Waals surface area contributed by atoms with Gasteiger partial charge >= 0.3 is 0 Å². The van der Waals surface area contributed by atoms with Gasteiger partial charge in [-0.05, 0) is 35.3 Å². The summed E-state index contributed by atoms with van der Waals surface area (Å²) in [4.78, 5) is 4.65. The molecule has 2 unspecified atom stereocenters. The lowest BCUT2D eigenvalue weighted by Gasteiger charge is -2.21. The molecule has 25 heavy (non-hydrogen) atoms. The number of rotatable bonds is 5. The lowest BCUT2D eigenvalue weighted by molar-refractivity contribution is 0.670. The van der Waals surface area contributed by atoms with Crippen LogP contribution in [0.1, 0.15) is 22.7 Å². The number of hydrogen-bond acceptors (Lipinski definition) is 1. The molecule has 2 aromatic carbocycles. The van der Waals surface area contributed by atoms with E-state index in [2.05, 4.69) is 96.0 Å². The Hall–Kier alpha value is -2.93. The van der Waals surface area contributed by atoms with E-state index in [1.807, 2.05) is 12.3 Å². The van der Waals surface area contributed by atoms with E-state index in [1.54, 1.807) is 0 Å². The summed E-state index contributed by atoms with van der Waals surface area (Å²) in [6, 6.07) is 27.5. The van der Waals surface area contributed by atoms with Crippen molar-refractivity contribution in [1.82, 2.24) is 4.98 Å². The highest BCUT2D eigenvalue weighted by Gasteiger charge is 2.25. The minimum atomic E-state index is 0.256. The topological polar surface area (TPSA) is 12.9 Å². The van der Waals surface area contributed by atoms with Gasteiger partial charge in [-0.3, -0.25) is 4.98 Å². The van der Waals surface area contributed by atoms with E-state index in [-0.39, 0.29) is 5.92 Å². The standard InChI is InChI=1S/C24H21N/c1-3-9-19(10-4-1)17-20-14-15-22(18-20)24(21-11-5-2-6-12-21)23-13-7-8-16-25-23/h1-16,18,22,24H,17H2. The van der Waals surface area contributed by atoms with Crippen LogP contribution in [0.4, 0.5) is 0 Å². The van der Waals surface area contributed by atoms with Crippen molar-refractivity contribution in [1.29, 1.82) is 0 Å². The normalized spacial score (nSPS) is 17.3. The molecule has 0 saturated carbocycles. The second-order valence-corrected chi connectivity index (χ2v) is 6.48. The van der Waals surface area contributed by atoms with Crippen LogP contribution >= 0.6 is 0 Å². The van der Waals surface area contributed by atoms with Gasteiger partial charge in [0.05, 0.1) is 0 Å². The van der Waals surface area contributed by atoms with Gasteiger partial charge in [-0.15, -0.1) is 0 Å². The van der Waals surface area contributed by atoms with Gasteiger partial charge in [-0.25, -0.2) is 0 Å². The molecule has 0 amide bonds. The van der Waals surface area contributed by atoms with Crippen molar-refractivity contribution in [2.24, 2.45) is 5.92 Å². The second kappa shape index (κ2) is 7.31. The third-order valence-electron chi connectivity index (χ3n) is 4.74. The van der Waals surface area contributed by atoms with Gasteiger partial charge in [0.15, 0.2) is 0 Å². The highest BCUT2D eigenvalue weighted by molar-refractivity contribution is 5.40.